The molecule has 0 unspecified atom stereocenters. The first-order chi connectivity index (χ1) is 11.9. The maximum absolute atomic E-state index is 12.4. The molecule has 0 saturated carbocycles. The van der Waals surface area contributed by atoms with Gasteiger partial charge in [0.15, 0.2) is 0 Å². The van der Waals surface area contributed by atoms with Gasteiger partial charge in [-0.05, 0) is 12.1 Å². The maximum atomic E-state index is 12.4. The molecule has 9 nitrogen and oxygen atoms in total. The zero-order valence-electron chi connectivity index (χ0n) is 12.8. The van der Waals surface area contributed by atoms with Crippen molar-refractivity contribution < 1.29 is 19.1 Å². The molecule has 1 aliphatic heterocycles. The van der Waals surface area contributed by atoms with Crippen LogP contribution in [0.3, 0.4) is 0 Å². The van der Waals surface area contributed by atoms with Crippen LogP contribution < -0.4 is 10.6 Å². The Hall–Kier alpha value is -2.65. The second-order valence-corrected chi connectivity index (χ2v) is 5.85. The molecule has 0 fully saturated rings. The van der Waals surface area contributed by atoms with Gasteiger partial charge >= 0.3 is 5.97 Å². The Balaban J connectivity index is 1.90. The average Bonchev–Trinajstić information content (AvgIpc) is 3.00. The lowest BCUT2D eigenvalue weighted by Crippen LogP contribution is -2.23. The van der Waals surface area contributed by atoms with Gasteiger partial charge in [-0.2, -0.15) is 4.98 Å². The third-order valence-corrected chi connectivity index (χ3v) is 4.11. The highest BCUT2D eigenvalue weighted by molar-refractivity contribution is 6.42. The normalized spacial score (nSPS) is 13.0. The van der Waals surface area contributed by atoms with Crippen molar-refractivity contribution in [2.75, 3.05) is 17.7 Å². The minimum Gasteiger partial charge on any atom is -0.465 e. The summed E-state index contributed by atoms with van der Waals surface area (Å²) in [5.74, 6) is -1.56. The Morgan fingerprint density at radius 2 is 2.04 bits per heavy atom. The van der Waals surface area contributed by atoms with E-state index in [0.29, 0.717) is 6.54 Å². The van der Waals surface area contributed by atoms with Gasteiger partial charge < -0.3 is 10.1 Å². The first-order valence-electron chi connectivity index (χ1n) is 7.02. The van der Waals surface area contributed by atoms with Crippen LogP contribution in [0.25, 0.3) is 0 Å². The van der Waals surface area contributed by atoms with Crippen molar-refractivity contribution in [2.45, 2.75) is 13.0 Å². The van der Waals surface area contributed by atoms with Crippen molar-refractivity contribution in [2.24, 2.45) is 0 Å². The molecule has 2 amide bonds. The molecule has 0 bridgehead atoms. The molecule has 130 valence electrons. The number of aryl methyl sites for hydroxylation is 1. The van der Waals surface area contributed by atoms with Crippen molar-refractivity contribution >= 4 is 52.6 Å². The largest absolute Gasteiger partial charge is 0.465 e. The monoisotopic (exact) mass is 383 g/mol. The number of amides is 2. The van der Waals surface area contributed by atoms with Gasteiger partial charge in [0.2, 0.25) is 17.7 Å². The van der Waals surface area contributed by atoms with Gasteiger partial charge in [-0.25, -0.2) is 9.48 Å². The molecule has 0 saturated heterocycles. The van der Waals surface area contributed by atoms with Gasteiger partial charge in [-0.3, -0.25) is 14.9 Å². The molecular weight excluding hydrogens is 373 g/mol. The topological polar surface area (TPSA) is 115 Å². The maximum Gasteiger partial charge on any atom is 0.340 e. The number of rotatable bonds is 3. The summed E-state index contributed by atoms with van der Waals surface area (Å²) in [7, 11) is 1.20. The smallest absolute Gasteiger partial charge is 0.340 e. The number of aromatic nitrogens is 3. The van der Waals surface area contributed by atoms with Crippen LogP contribution in [-0.4, -0.2) is 39.7 Å². The molecule has 0 atom stereocenters. The van der Waals surface area contributed by atoms with E-state index in [1.807, 2.05) is 0 Å². The number of methoxy groups -OCH3 is 1. The van der Waals surface area contributed by atoms with E-state index in [4.69, 9.17) is 23.2 Å². The van der Waals surface area contributed by atoms with Gasteiger partial charge in [-0.1, -0.05) is 23.2 Å². The molecule has 0 aliphatic carbocycles. The first kappa shape index (κ1) is 17.2. The van der Waals surface area contributed by atoms with E-state index in [9.17, 15) is 14.4 Å². The van der Waals surface area contributed by atoms with Crippen molar-refractivity contribution in [3.8, 4) is 0 Å². The Kier molecular flexibility index (Phi) is 4.60. The number of hydrogen-bond donors (Lipinski definition) is 2. The molecule has 3 rings (SSSR count). The highest BCUT2D eigenvalue weighted by atomic mass is 35.5. The Morgan fingerprint density at radius 3 is 2.76 bits per heavy atom. The summed E-state index contributed by atoms with van der Waals surface area (Å²) in [5.41, 5.74) is 0.130. The van der Waals surface area contributed by atoms with E-state index in [1.165, 1.54) is 23.9 Å². The van der Waals surface area contributed by atoms with Gasteiger partial charge in [0.25, 0.3) is 5.91 Å². The number of benzene rings is 1. The first-order valence-corrected chi connectivity index (χ1v) is 7.78. The van der Waals surface area contributed by atoms with E-state index >= 15 is 0 Å². The summed E-state index contributed by atoms with van der Waals surface area (Å²) in [6, 6.07) is 2.61. The zero-order valence-corrected chi connectivity index (χ0v) is 14.3. The van der Waals surface area contributed by atoms with E-state index < -0.39 is 11.9 Å². The number of carbonyl (C=O) groups excluding carboxylic acids is 3. The number of esters is 1. The van der Waals surface area contributed by atoms with Gasteiger partial charge in [0.05, 0.1) is 35.0 Å². The summed E-state index contributed by atoms with van der Waals surface area (Å²) in [6.45, 7) is 0.321. The number of nitrogens with zero attached hydrogens (tertiary/aromatic N) is 3. The molecule has 25 heavy (non-hydrogen) atoms. The zero-order chi connectivity index (χ0) is 18.1. The number of carbonyl (C=O) groups is 3. The van der Waals surface area contributed by atoms with Gasteiger partial charge in [0.1, 0.15) is 0 Å². The van der Waals surface area contributed by atoms with Crippen LogP contribution in [0.5, 0.6) is 0 Å². The Labute approximate surface area is 151 Å². The fourth-order valence-corrected chi connectivity index (χ4v) is 2.52. The number of hydrogen-bond acceptors (Lipinski definition) is 6. The fraction of sp³-hybridized carbons (Fsp3) is 0.214. The number of nitrogens with one attached hydrogen (secondary N) is 2. The van der Waals surface area contributed by atoms with E-state index in [2.05, 4.69) is 25.5 Å². The Bertz CT molecular complexity index is 896. The molecule has 2 N–H and O–H groups in total. The number of halogens is 2. The van der Waals surface area contributed by atoms with E-state index in [0.717, 1.165) is 0 Å². The van der Waals surface area contributed by atoms with Crippen LogP contribution in [0.2, 0.25) is 10.0 Å². The predicted octanol–water partition coefficient (Wildman–Crippen LogP) is 1.97. The van der Waals surface area contributed by atoms with Crippen LogP contribution in [-0.2, 0) is 16.1 Å². The number of anilines is 2. The van der Waals surface area contributed by atoms with Crippen LogP contribution in [0.1, 0.15) is 27.4 Å². The van der Waals surface area contributed by atoms with Crippen LogP contribution in [0.15, 0.2) is 12.1 Å². The van der Waals surface area contributed by atoms with Gasteiger partial charge in [-0.15, -0.1) is 5.10 Å². The minimum atomic E-state index is -0.696. The second kappa shape index (κ2) is 6.69. The molecule has 2 heterocycles. The third-order valence-electron chi connectivity index (χ3n) is 3.39. The lowest BCUT2D eigenvalue weighted by atomic mass is 10.1. The SMILES string of the molecule is COC(=O)c1cc(Cl)c(Cl)cc1NC(=O)c1nc2n(n1)CCC(=O)N2. The van der Waals surface area contributed by atoms with Gasteiger partial charge in [0, 0.05) is 6.42 Å². The van der Waals surface area contributed by atoms with Crippen LogP contribution in [0.4, 0.5) is 11.6 Å². The summed E-state index contributed by atoms with van der Waals surface area (Å²) >= 11 is 11.8. The number of ether oxygens (including phenoxy) is 1. The summed E-state index contributed by atoms with van der Waals surface area (Å²) in [4.78, 5) is 39.5. The number of fused-ring (bicyclic) bond motifs is 1. The quantitative estimate of drug-likeness (QED) is 0.782. The second-order valence-electron chi connectivity index (χ2n) is 5.04. The van der Waals surface area contributed by atoms with Crippen molar-refractivity contribution in [1.82, 2.24) is 14.8 Å². The van der Waals surface area contributed by atoms with Crippen molar-refractivity contribution in [1.29, 1.82) is 0 Å². The highest BCUT2D eigenvalue weighted by Crippen LogP contribution is 2.30. The molecule has 2 aromatic rings. The predicted molar refractivity (Wildman–Crippen MR) is 89.0 cm³/mol. The molecular formula is C14H11Cl2N5O4. The standard InChI is InChI=1S/C14H11Cl2N5O4/c1-25-13(24)6-4-7(15)8(16)5-9(6)17-12(23)11-19-14-18-10(22)2-3-21(14)20-11/h4-5H,2-3H2,1H3,(H,17,23)(H,18,19,20,22). The molecule has 0 radical (unpaired) electrons. The molecule has 1 aromatic heterocycles. The average molecular weight is 384 g/mol. The highest BCUT2D eigenvalue weighted by Gasteiger charge is 2.23. The summed E-state index contributed by atoms with van der Waals surface area (Å²) < 4.78 is 6.07. The fourth-order valence-electron chi connectivity index (χ4n) is 2.19. The Morgan fingerprint density at radius 1 is 1.32 bits per heavy atom. The third kappa shape index (κ3) is 3.42. The van der Waals surface area contributed by atoms with Crippen LogP contribution >= 0.6 is 23.2 Å². The van der Waals surface area contributed by atoms with Crippen molar-refractivity contribution in [3.05, 3.63) is 33.6 Å². The van der Waals surface area contributed by atoms with E-state index in [1.54, 1.807) is 0 Å². The van der Waals surface area contributed by atoms with E-state index in [-0.39, 0.29) is 45.4 Å². The van der Waals surface area contributed by atoms with Crippen LogP contribution in [0, 0.1) is 0 Å². The molecule has 1 aliphatic rings. The minimum absolute atomic E-state index is 0.0301. The molecule has 11 heteroatoms. The lowest BCUT2D eigenvalue weighted by molar-refractivity contribution is -0.117. The summed E-state index contributed by atoms with van der Waals surface area (Å²) in [5, 5.41) is 9.31. The molecule has 1 aromatic carbocycles. The lowest BCUT2D eigenvalue weighted by Gasteiger charge is -2.11. The summed E-state index contributed by atoms with van der Waals surface area (Å²) in [6.07, 6.45) is 0.247. The molecule has 0 spiro atoms. The van der Waals surface area contributed by atoms with Crippen molar-refractivity contribution in [3.63, 3.8) is 0 Å².